The van der Waals surface area contributed by atoms with Crippen LogP contribution in [0.2, 0.25) is 0 Å². The maximum Gasteiger partial charge on any atom is 0.258 e. The maximum atomic E-state index is 12.9. The van der Waals surface area contributed by atoms with Gasteiger partial charge in [0.1, 0.15) is 0 Å². The number of fused-ring (bicyclic) bond motifs is 5. The third kappa shape index (κ3) is 1.88. The van der Waals surface area contributed by atoms with E-state index in [1.165, 1.54) is 0 Å². The van der Waals surface area contributed by atoms with Crippen molar-refractivity contribution in [2.45, 2.75) is 0 Å². The SMILES string of the molecule is COc1cc2c(=O)n(C)c3c4ccccc4ncc3c2cc1OC. The predicted molar refractivity (Wildman–Crippen MR) is 95.1 cm³/mol. The summed E-state index contributed by atoms with van der Waals surface area (Å²) in [5.74, 6) is 1.13. The van der Waals surface area contributed by atoms with Crippen LogP contribution < -0.4 is 15.0 Å². The smallest absolute Gasteiger partial charge is 0.258 e. The van der Waals surface area contributed by atoms with Gasteiger partial charge in [0.2, 0.25) is 0 Å². The van der Waals surface area contributed by atoms with Crippen LogP contribution >= 0.6 is 0 Å². The summed E-state index contributed by atoms with van der Waals surface area (Å²) >= 11 is 0. The van der Waals surface area contributed by atoms with E-state index in [9.17, 15) is 4.79 Å². The van der Waals surface area contributed by atoms with Crippen LogP contribution in [0.15, 0.2) is 47.4 Å². The number of pyridine rings is 2. The molecule has 0 saturated heterocycles. The second-order valence-corrected chi connectivity index (χ2v) is 5.65. The predicted octanol–water partition coefficient (Wildman–Crippen LogP) is 3.26. The van der Waals surface area contributed by atoms with E-state index >= 15 is 0 Å². The molecular formula is C19H16N2O3. The first-order valence-corrected chi connectivity index (χ1v) is 7.58. The zero-order chi connectivity index (χ0) is 16.8. The fourth-order valence-electron chi connectivity index (χ4n) is 3.25. The number of hydrogen-bond acceptors (Lipinski definition) is 4. The largest absolute Gasteiger partial charge is 0.493 e. The molecule has 24 heavy (non-hydrogen) atoms. The Labute approximate surface area is 138 Å². The molecule has 5 nitrogen and oxygen atoms in total. The van der Waals surface area contributed by atoms with Gasteiger partial charge in [-0.05, 0) is 18.2 Å². The third-order valence-electron chi connectivity index (χ3n) is 4.43. The van der Waals surface area contributed by atoms with E-state index in [1.54, 1.807) is 31.9 Å². The molecule has 0 saturated carbocycles. The molecule has 0 N–H and O–H groups in total. The Hall–Kier alpha value is -3.08. The van der Waals surface area contributed by atoms with Crippen LogP contribution in [0.4, 0.5) is 0 Å². The molecule has 0 radical (unpaired) electrons. The lowest BCUT2D eigenvalue weighted by Gasteiger charge is -2.14. The summed E-state index contributed by atoms with van der Waals surface area (Å²) in [6.45, 7) is 0. The van der Waals surface area contributed by atoms with Crippen LogP contribution in [0.3, 0.4) is 0 Å². The lowest BCUT2D eigenvalue weighted by Crippen LogP contribution is -2.18. The van der Waals surface area contributed by atoms with E-state index in [-0.39, 0.29) is 5.56 Å². The van der Waals surface area contributed by atoms with Crippen LogP contribution in [-0.2, 0) is 7.05 Å². The number of para-hydroxylation sites is 1. The molecule has 0 spiro atoms. The Morgan fingerprint density at radius 3 is 2.29 bits per heavy atom. The van der Waals surface area contributed by atoms with Gasteiger partial charge in [-0.25, -0.2) is 0 Å². The van der Waals surface area contributed by atoms with Crippen molar-refractivity contribution in [3.63, 3.8) is 0 Å². The molecule has 0 atom stereocenters. The lowest BCUT2D eigenvalue weighted by atomic mass is 10.0. The Bertz CT molecular complexity index is 1160. The molecule has 2 aromatic carbocycles. The lowest BCUT2D eigenvalue weighted by molar-refractivity contribution is 0.356. The molecule has 4 aromatic rings. The molecule has 0 unspecified atom stereocenters. The average Bonchev–Trinajstić information content (AvgIpc) is 2.64. The van der Waals surface area contributed by atoms with Crippen molar-refractivity contribution in [2.24, 2.45) is 7.05 Å². The minimum atomic E-state index is -0.0743. The molecule has 5 heteroatoms. The van der Waals surface area contributed by atoms with Crippen molar-refractivity contribution in [1.29, 1.82) is 0 Å². The molecule has 4 rings (SSSR count). The summed E-state index contributed by atoms with van der Waals surface area (Å²) in [4.78, 5) is 17.4. The highest BCUT2D eigenvalue weighted by molar-refractivity contribution is 6.14. The second kappa shape index (κ2) is 5.23. The van der Waals surface area contributed by atoms with Crippen molar-refractivity contribution >= 4 is 32.6 Å². The molecule has 120 valence electrons. The Morgan fingerprint density at radius 2 is 1.58 bits per heavy atom. The van der Waals surface area contributed by atoms with Gasteiger partial charge < -0.3 is 14.0 Å². The molecule has 0 aliphatic heterocycles. The van der Waals surface area contributed by atoms with Crippen molar-refractivity contribution in [3.8, 4) is 11.5 Å². The van der Waals surface area contributed by atoms with Crippen molar-refractivity contribution < 1.29 is 9.47 Å². The minimum absolute atomic E-state index is 0.0743. The summed E-state index contributed by atoms with van der Waals surface area (Å²) in [7, 11) is 4.93. The van der Waals surface area contributed by atoms with E-state index in [0.717, 1.165) is 27.2 Å². The van der Waals surface area contributed by atoms with E-state index in [0.29, 0.717) is 16.9 Å². The Kier molecular flexibility index (Phi) is 3.16. The molecule has 2 aromatic heterocycles. The Balaban J connectivity index is 2.30. The number of methoxy groups -OCH3 is 2. The van der Waals surface area contributed by atoms with E-state index in [1.807, 2.05) is 36.5 Å². The maximum absolute atomic E-state index is 12.9. The van der Waals surface area contributed by atoms with Crippen molar-refractivity contribution in [3.05, 3.63) is 52.9 Å². The third-order valence-corrected chi connectivity index (χ3v) is 4.43. The highest BCUT2D eigenvalue weighted by atomic mass is 16.5. The first-order chi connectivity index (χ1) is 11.7. The zero-order valence-corrected chi connectivity index (χ0v) is 13.7. The molecular weight excluding hydrogens is 304 g/mol. The van der Waals surface area contributed by atoms with Crippen LogP contribution in [0.5, 0.6) is 11.5 Å². The van der Waals surface area contributed by atoms with Gasteiger partial charge >= 0.3 is 0 Å². The number of aryl methyl sites for hydroxylation is 1. The minimum Gasteiger partial charge on any atom is -0.493 e. The molecule has 0 amide bonds. The van der Waals surface area contributed by atoms with Crippen LogP contribution in [0.25, 0.3) is 32.6 Å². The quantitative estimate of drug-likeness (QED) is 0.532. The highest BCUT2D eigenvalue weighted by Gasteiger charge is 2.15. The van der Waals surface area contributed by atoms with Crippen molar-refractivity contribution in [2.75, 3.05) is 14.2 Å². The standard InChI is InChI=1S/C19H16N2O3/c1-21-18-11-6-4-5-7-15(11)20-10-14(18)12-8-16(23-2)17(24-3)9-13(12)19(21)22/h4-10H,1-3H3. The summed E-state index contributed by atoms with van der Waals surface area (Å²) in [5, 5.41) is 3.25. The number of nitrogens with zero attached hydrogens (tertiary/aromatic N) is 2. The molecule has 2 heterocycles. The van der Waals surface area contributed by atoms with E-state index in [2.05, 4.69) is 4.98 Å². The average molecular weight is 320 g/mol. The molecule has 0 bridgehead atoms. The number of rotatable bonds is 2. The first-order valence-electron chi connectivity index (χ1n) is 7.58. The van der Waals surface area contributed by atoms with E-state index in [4.69, 9.17) is 9.47 Å². The first kappa shape index (κ1) is 14.5. The van der Waals surface area contributed by atoms with Gasteiger partial charge in [0.05, 0.1) is 30.6 Å². The van der Waals surface area contributed by atoms with Gasteiger partial charge in [0.25, 0.3) is 5.56 Å². The Morgan fingerprint density at radius 1 is 0.917 bits per heavy atom. The summed E-state index contributed by atoms with van der Waals surface area (Å²) < 4.78 is 12.4. The molecule has 0 aliphatic rings. The van der Waals surface area contributed by atoms with Crippen LogP contribution in [0.1, 0.15) is 0 Å². The van der Waals surface area contributed by atoms with Crippen LogP contribution in [0, 0.1) is 0 Å². The molecule has 0 fully saturated rings. The molecule has 0 aliphatic carbocycles. The second-order valence-electron chi connectivity index (χ2n) is 5.65. The monoisotopic (exact) mass is 320 g/mol. The number of aromatic nitrogens is 2. The van der Waals surface area contributed by atoms with Gasteiger partial charge in [0, 0.05) is 29.4 Å². The van der Waals surface area contributed by atoms with Gasteiger partial charge in [-0.1, -0.05) is 18.2 Å². The number of hydrogen-bond donors (Lipinski definition) is 0. The summed E-state index contributed by atoms with van der Waals surface area (Å²) in [6, 6.07) is 11.4. The summed E-state index contributed by atoms with van der Waals surface area (Å²) in [6.07, 6.45) is 1.81. The topological polar surface area (TPSA) is 53.4 Å². The number of ether oxygens (including phenoxy) is 2. The van der Waals surface area contributed by atoms with Gasteiger partial charge in [0.15, 0.2) is 11.5 Å². The van der Waals surface area contributed by atoms with Gasteiger partial charge in [-0.15, -0.1) is 0 Å². The number of benzene rings is 2. The van der Waals surface area contributed by atoms with E-state index < -0.39 is 0 Å². The highest BCUT2D eigenvalue weighted by Crippen LogP contribution is 2.35. The zero-order valence-electron chi connectivity index (χ0n) is 13.7. The normalized spacial score (nSPS) is 11.3. The summed E-state index contributed by atoms with van der Waals surface area (Å²) in [5.41, 5.74) is 1.65. The fraction of sp³-hybridized carbons (Fsp3) is 0.158. The van der Waals surface area contributed by atoms with Crippen LogP contribution in [-0.4, -0.2) is 23.8 Å². The van der Waals surface area contributed by atoms with Crippen molar-refractivity contribution in [1.82, 2.24) is 9.55 Å². The van der Waals surface area contributed by atoms with Gasteiger partial charge in [-0.3, -0.25) is 9.78 Å². The fourth-order valence-corrected chi connectivity index (χ4v) is 3.25. The van der Waals surface area contributed by atoms with Gasteiger partial charge in [-0.2, -0.15) is 0 Å².